The smallest absolute Gasteiger partial charge is 0.247 e. The minimum absolute atomic E-state index is 0.695. The van der Waals surface area contributed by atoms with Gasteiger partial charge in [0.25, 0.3) is 5.82 Å². The van der Waals surface area contributed by atoms with Crippen LogP contribution in [0.2, 0.25) is 0 Å². The van der Waals surface area contributed by atoms with Crippen molar-refractivity contribution >= 4 is 0 Å². The largest absolute Gasteiger partial charge is 0.257 e. The quantitative estimate of drug-likeness (QED) is 0.0863. The number of nitrogens with one attached hydrogen (secondary N) is 1. The molecule has 0 aliphatic carbocycles. The van der Waals surface area contributed by atoms with Crippen LogP contribution in [0.5, 0.6) is 0 Å². The van der Waals surface area contributed by atoms with Gasteiger partial charge < -0.3 is 0 Å². The van der Waals surface area contributed by atoms with Crippen molar-refractivity contribution in [3.63, 3.8) is 0 Å². The predicted octanol–water partition coefficient (Wildman–Crippen LogP) is 11.6. The second-order valence-electron chi connectivity index (χ2n) is 12.3. The lowest BCUT2D eigenvalue weighted by Crippen LogP contribution is -2.37. The van der Waals surface area contributed by atoms with Crippen LogP contribution in [0.4, 0.5) is 0 Å². The summed E-state index contributed by atoms with van der Waals surface area (Å²) >= 11 is 0. The molecule has 0 fully saturated rings. The first kappa shape index (κ1) is 33.6. The molecule has 1 aromatic carbocycles. The molecule has 2 rings (SSSR count). The van der Waals surface area contributed by atoms with Gasteiger partial charge in [-0.3, -0.25) is 0 Å². The van der Waals surface area contributed by atoms with Gasteiger partial charge >= 0.3 is 0 Å². The molecule has 0 unspecified atom stereocenters. The van der Waals surface area contributed by atoms with Gasteiger partial charge in [-0.2, -0.15) is 0 Å². The van der Waals surface area contributed by atoms with Gasteiger partial charge in [0.1, 0.15) is 12.4 Å². The Kier molecular flexibility index (Phi) is 20.9. The lowest BCUT2D eigenvalue weighted by atomic mass is 9.93. The molecule has 0 aliphatic rings. The van der Waals surface area contributed by atoms with Crippen LogP contribution in [0, 0.1) is 0 Å². The first-order chi connectivity index (χ1) is 19.3. The number of unbranched alkanes of at least 4 members (excludes halogenated alkanes) is 18. The molecule has 0 saturated carbocycles. The summed E-state index contributed by atoms with van der Waals surface area (Å²) in [4.78, 5) is 3.66. The number of H-pyrrole nitrogens is 1. The van der Waals surface area contributed by atoms with Crippen LogP contribution in [0.25, 0.3) is 0 Å². The molecule has 1 N–H and O–H groups in total. The maximum Gasteiger partial charge on any atom is 0.257 e. The Balaban J connectivity index is 1.58. The van der Waals surface area contributed by atoms with E-state index >= 15 is 0 Å². The predicted molar refractivity (Wildman–Crippen MR) is 171 cm³/mol. The lowest BCUT2D eigenvalue weighted by Gasteiger charge is -2.14. The molecule has 0 aliphatic heterocycles. The minimum atomic E-state index is 0.695. The first-order valence-electron chi connectivity index (χ1n) is 17.5. The normalized spacial score (nSPS) is 12.3. The van der Waals surface area contributed by atoms with Crippen molar-refractivity contribution in [1.29, 1.82) is 0 Å². The molecule has 2 aromatic rings. The standard InChI is InChI=1S/C37H64N2/c1-3-5-7-9-10-11-12-13-14-15-16-17-18-19-20-25-31-36(30-24-8-6-4-2)37-38-32-34-39(37)33-26-29-35-27-22-21-23-28-35/h21-23,27-28,32,34,36H,3-20,24-26,29-31,33H2,1-2H3/p+1/t36-/m0/s1. The molecule has 0 saturated heterocycles. The fourth-order valence-electron chi connectivity index (χ4n) is 6.20. The summed E-state index contributed by atoms with van der Waals surface area (Å²) in [5, 5.41) is 0. The third-order valence-corrected chi connectivity index (χ3v) is 8.70. The molecular weight excluding hydrogens is 472 g/mol. The number of aromatic nitrogens is 2. The SMILES string of the molecule is CCCCCCCCCCCCCCCCCC[C@H](CCCCCC)c1[nH]cc[n+]1CCCc1ccccc1. The molecule has 2 heteroatoms. The zero-order valence-electron chi connectivity index (χ0n) is 26.2. The summed E-state index contributed by atoms with van der Waals surface area (Å²) in [5.41, 5.74) is 1.46. The van der Waals surface area contributed by atoms with E-state index in [1.165, 1.54) is 165 Å². The fraction of sp³-hybridized carbons (Fsp3) is 0.757. The Morgan fingerprint density at radius 3 is 1.54 bits per heavy atom. The number of aryl methyl sites for hydroxylation is 2. The summed E-state index contributed by atoms with van der Waals surface area (Å²) in [6.07, 6.45) is 38.1. The Bertz CT molecular complexity index is 765. The summed E-state index contributed by atoms with van der Waals surface area (Å²) < 4.78 is 2.53. The number of hydrogen-bond donors (Lipinski definition) is 1. The van der Waals surface area contributed by atoms with Crippen molar-refractivity contribution in [1.82, 2.24) is 4.98 Å². The van der Waals surface area contributed by atoms with Gasteiger partial charge in [0.15, 0.2) is 0 Å². The van der Waals surface area contributed by atoms with Gasteiger partial charge in [-0.05, 0) is 31.2 Å². The van der Waals surface area contributed by atoms with Gasteiger partial charge in [-0.15, -0.1) is 0 Å². The van der Waals surface area contributed by atoms with Gasteiger partial charge in [0, 0.05) is 0 Å². The monoisotopic (exact) mass is 538 g/mol. The zero-order chi connectivity index (χ0) is 27.6. The van der Waals surface area contributed by atoms with Crippen molar-refractivity contribution in [3.8, 4) is 0 Å². The van der Waals surface area contributed by atoms with Crippen LogP contribution in [0.15, 0.2) is 42.7 Å². The first-order valence-corrected chi connectivity index (χ1v) is 17.5. The van der Waals surface area contributed by atoms with Crippen molar-refractivity contribution in [2.45, 2.75) is 180 Å². The van der Waals surface area contributed by atoms with E-state index in [1.807, 2.05) is 0 Å². The summed E-state index contributed by atoms with van der Waals surface area (Å²) in [6.45, 7) is 5.75. The van der Waals surface area contributed by atoms with Crippen LogP contribution in [0.3, 0.4) is 0 Å². The van der Waals surface area contributed by atoms with Crippen LogP contribution in [0.1, 0.15) is 179 Å². The molecule has 1 heterocycles. The summed E-state index contributed by atoms with van der Waals surface area (Å²) in [5.74, 6) is 2.18. The van der Waals surface area contributed by atoms with E-state index in [0.717, 1.165) is 6.54 Å². The summed E-state index contributed by atoms with van der Waals surface area (Å²) in [7, 11) is 0. The van der Waals surface area contributed by atoms with Crippen LogP contribution in [-0.4, -0.2) is 4.98 Å². The second-order valence-corrected chi connectivity index (χ2v) is 12.3. The molecule has 39 heavy (non-hydrogen) atoms. The van der Waals surface area contributed by atoms with Crippen LogP contribution < -0.4 is 4.57 Å². The van der Waals surface area contributed by atoms with E-state index in [9.17, 15) is 0 Å². The van der Waals surface area contributed by atoms with E-state index in [0.29, 0.717) is 5.92 Å². The van der Waals surface area contributed by atoms with E-state index in [4.69, 9.17) is 0 Å². The average molecular weight is 538 g/mol. The Morgan fingerprint density at radius 1 is 0.564 bits per heavy atom. The Morgan fingerprint density at radius 2 is 1.03 bits per heavy atom. The van der Waals surface area contributed by atoms with Crippen molar-refractivity contribution in [3.05, 3.63) is 54.1 Å². The van der Waals surface area contributed by atoms with Crippen molar-refractivity contribution < 1.29 is 4.57 Å². The molecule has 0 radical (unpaired) electrons. The highest BCUT2D eigenvalue weighted by Gasteiger charge is 2.22. The highest BCUT2D eigenvalue weighted by molar-refractivity contribution is 5.14. The maximum absolute atomic E-state index is 3.66. The van der Waals surface area contributed by atoms with Crippen LogP contribution in [-0.2, 0) is 13.0 Å². The molecule has 0 spiro atoms. The molecular formula is C37H65N2+. The third kappa shape index (κ3) is 17.0. The summed E-state index contributed by atoms with van der Waals surface area (Å²) in [6, 6.07) is 11.0. The Hall–Kier alpha value is -1.57. The van der Waals surface area contributed by atoms with E-state index in [2.05, 4.69) is 66.1 Å². The van der Waals surface area contributed by atoms with Crippen molar-refractivity contribution in [2.24, 2.45) is 0 Å². The molecule has 1 atom stereocenters. The average Bonchev–Trinajstić information content (AvgIpc) is 3.43. The number of nitrogens with zero attached hydrogens (tertiary/aromatic N) is 1. The third-order valence-electron chi connectivity index (χ3n) is 8.70. The van der Waals surface area contributed by atoms with E-state index in [-0.39, 0.29) is 0 Å². The molecule has 222 valence electrons. The molecule has 2 nitrogen and oxygen atoms in total. The fourth-order valence-corrected chi connectivity index (χ4v) is 6.20. The Labute approximate surface area is 243 Å². The molecule has 0 bridgehead atoms. The number of aromatic amines is 1. The van der Waals surface area contributed by atoms with E-state index < -0.39 is 0 Å². The highest BCUT2D eigenvalue weighted by atomic mass is 15.1. The number of rotatable bonds is 27. The van der Waals surface area contributed by atoms with E-state index in [1.54, 1.807) is 0 Å². The number of imidazole rings is 1. The minimum Gasteiger partial charge on any atom is -0.247 e. The number of benzene rings is 1. The lowest BCUT2D eigenvalue weighted by molar-refractivity contribution is -0.704. The molecule has 0 amide bonds. The second kappa shape index (κ2) is 24.2. The van der Waals surface area contributed by atoms with Gasteiger partial charge in [0.2, 0.25) is 0 Å². The van der Waals surface area contributed by atoms with Gasteiger partial charge in [0.05, 0.1) is 12.5 Å². The number of hydrogen-bond acceptors (Lipinski definition) is 0. The van der Waals surface area contributed by atoms with Gasteiger partial charge in [-0.25, -0.2) is 9.55 Å². The topological polar surface area (TPSA) is 19.7 Å². The van der Waals surface area contributed by atoms with Crippen LogP contribution >= 0.6 is 0 Å². The maximum atomic E-state index is 3.66. The molecule has 1 aromatic heterocycles. The van der Waals surface area contributed by atoms with Crippen molar-refractivity contribution in [2.75, 3.05) is 0 Å². The highest BCUT2D eigenvalue weighted by Crippen LogP contribution is 2.26. The zero-order valence-corrected chi connectivity index (χ0v) is 26.2. The van der Waals surface area contributed by atoms with Gasteiger partial charge in [-0.1, -0.05) is 173 Å².